The van der Waals surface area contributed by atoms with E-state index in [9.17, 15) is 5.11 Å². The maximum Gasteiger partial charge on any atom is 0.0741 e. The third-order valence-electron chi connectivity index (χ3n) is 5.47. The van der Waals surface area contributed by atoms with Gasteiger partial charge in [0, 0.05) is 31.9 Å². The van der Waals surface area contributed by atoms with Crippen LogP contribution in [0.25, 0.3) is 0 Å². The number of nitrogens with zero attached hydrogens (tertiary/aromatic N) is 1. The molecule has 1 spiro atoms. The number of hydrogen-bond donors (Lipinski definition) is 1. The van der Waals surface area contributed by atoms with Gasteiger partial charge in [0.1, 0.15) is 0 Å². The van der Waals surface area contributed by atoms with Gasteiger partial charge in [0.05, 0.1) is 12.2 Å². The number of aliphatic hydroxyl groups is 1. The van der Waals surface area contributed by atoms with Crippen molar-refractivity contribution in [2.75, 3.05) is 33.0 Å². The van der Waals surface area contributed by atoms with Crippen LogP contribution in [0, 0.1) is 0 Å². The van der Waals surface area contributed by atoms with E-state index >= 15 is 0 Å². The fourth-order valence-electron chi connectivity index (χ4n) is 4.25. The van der Waals surface area contributed by atoms with Gasteiger partial charge < -0.3 is 14.6 Å². The number of ether oxygens (including phenoxy) is 2. The molecule has 3 heterocycles. The van der Waals surface area contributed by atoms with Gasteiger partial charge in [-0.05, 0) is 45.1 Å². The third kappa shape index (κ3) is 3.19. The predicted octanol–water partition coefficient (Wildman–Crippen LogP) is 1.95. The highest BCUT2D eigenvalue weighted by Gasteiger charge is 2.41. The van der Waals surface area contributed by atoms with Crippen molar-refractivity contribution in [2.24, 2.45) is 0 Å². The summed E-state index contributed by atoms with van der Waals surface area (Å²) in [6, 6.07) is 0.967. The molecule has 4 nitrogen and oxygen atoms in total. The molecule has 0 bridgehead atoms. The first-order valence-electron chi connectivity index (χ1n) is 8.41. The molecule has 0 radical (unpaired) electrons. The van der Waals surface area contributed by atoms with Crippen LogP contribution in [-0.2, 0) is 9.47 Å². The lowest BCUT2D eigenvalue weighted by Gasteiger charge is -2.47. The molecule has 0 aliphatic carbocycles. The Morgan fingerprint density at radius 3 is 2.70 bits per heavy atom. The number of aliphatic hydroxyl groups excluding tert-OH is 1. The molecule has 20 heavy (non-hydrogen) atoms. The second kappa shape index (κ2) is 6.73. The summed E-state index contributed by atoms with van der Waals surface area (Å²) in [4.78, 5) is 2.60. The highest BCUT2D eigenvalue weighted by molar-refractivity contribution is 4.94. The fraction of sp³-hybridized carbons (Fsp3) is 1.00. The molecule has 0 saturated carbocycles. The molecule has 3 saturated heterocycles. The third-order valence-corrected chi connectivity index (χ3v) is 5.47. The van der Waals surface area contributed by atoms with E-state index in [1.807, 2.05) is 0 Å². The van der Waals surface area contributed by atoms with Crippen LogP contribution in [0.15, 0.2) is 0 Å². The smallest absolute Gasteiger partial charge is 0.0741 e. The monoisotopic (exact) mass is 283 g/mol. The summed E-state index contributed by atoms with van der Waals surface area (Å²) < 4.78 is 11.7. The molecule has 4 heteroatoms. The average Bonchev–Trinajstić information content (AvgIpc) is 2.73. The molecule has 2 atom stereocenters. The van der Waals surface area contributed by atoms with E-state index in [1.54, 1.807) is 0 Å². The van der Waals surface area contributed by atoms with Crippen molar-refractivity contribution in [3.8, 4) is 0 Å². The van der Waals surface area contributed by atoms with Crippen molar-refractivity contribution >= 4 is 0 Å². The lowest BCUT2D eigenvalue weighted by atomic mass is 9.83. The maximum absolute atomic E-state index is 9.73. The average molecular weight is 283 g/mol. The summed E-state index contributed by atoms with van der Waals surface area (Å²) in [7, 11) is 0. The van der Waals surface area contributed by atoms with Crippen molar-refractivity contribution < 1.29 is 14.6 Å². The van der Waals surface area contributed by atoms with E-state index in [0.717, 1.165) is 58.5 Å². The number of likely N-dealkylation sites (tertiary alicyclic amines) is 1. The first-order valence-corrected chi connectivity index (χ1v) is 8.41. The summed E-state index contributed by atoms with van der Waals surface area (Å²) in [6.07, 6.45) is 9.36. The van der Waals surface area contributed by atoms with Crippen LogP contribution in [0.5, 0.6) is 0 Å². The van der Waals surface area contributed by atoms with Gasteiger partial charge in [-0.1, -0.05) is 12.8 Å². The van der Waals surface area contributed by atoms with E-state index in [4.69, 9.17) is 9.47 Å². The van der Waals surface area contributed by atoms with Crippen molar-refractivity contribution in [1.82, 2.24) is 4.90 Å². The minimum absolute atomic E-state index is 0.0630. The van der Waals surface area contributed by atoms with Crippen LogP contribution >= 0.6 is 0 Å². The van der Waals surface area contributed by atoms with E-state index in [-0.39, 0.29) is 5.60 Å². The van der Waals surface area contributed by atoms with Gasteiger partial charge in [-0.2, -0.15) is 0 Å². The van der Waals surface area contributed by atoms with E-state index in [2.05, 4.69) is 4.90 Å². The molecule has 1 N–H and O–H groups in total. The standard InChI is InChI=1S/C16H29NO3/c18-13-15-4-2-1-3-8-17(15)14-5-9-20-16(12-14)6-10-19-11-7-16/h14-15,18H,1-13H2. The molecule has 3 rings (SSSR count). The second-order valence-corrected chi connectivity index (χ2v) is 6.71. The molecule has 2 unspecified atom stereocenters. The van der Waals surface area contributed by atoms with Gasteiger partial charge in [-0.25, -0.2) is 0 Å². The zero-order chi connectivity index (χ0) is 13.8. The highest BCUT2D eigenvalue weighted by atomic mass is 16.5. The van der Waals surface area contributed by atoms with Crippen LogP contribution < -0.4 is 0 Å². The highest BCUT2D eigenvalue weighted by Crippen LogP contribution is 2.37. The van der Waals surface area contributed by atoms with Crippen LogP contribution in [0.4, 0.5) is 0 Å². The molecule has 3 aliphatic heterocycles. The van der Waals surface area contributed by atoms with Crippen molar-refractivity contribution in [3.05, 3.63) is 0 Å². The Labute approximate surface area is 122 Å². The Hall–Kier alpha value is -0.160. The van der Waals surface area contributed by atoms with Crippen LogP contribution in [-0.4, -0.2) is 60.7 Å². The van der Waals surface area contributed by atoms with Gasteiger partial charge in [0.15, 0.2) is 0 Å². The largest absolute Gasteiger partial charge is 0.395 e. The Bertz CT molecular complexity index is 299. The van der Waals surface area contributed by atoms with E-state index in [1.165, 1.54) is 19.3 Å². The molecule has 3 fully saturated rings. The zero-order valence-electron chi connectivity index (χ0n) is 12.6. The Morgan fingerprint density at radius 2 is 1.90 bits per heavy atom. The molecular formula is C16H29NO3. The summed E-state index contributed by atoms with van der Waals surface area (Å²) in [5.74, 6) is 0. The Morgan fingerprint density at radius 1 is 1.05 bits per heavy atom. The number of hydrogen-bond acceptors (Lipinski definition) is 4. The van der Waals surface area contributed by atoms with Crippen LogP contribution in [0.3, 0.4) is 0 Å². The molecule has 3 aliphatic rings. The van der Waals surface area contributed by atoms with Crippen molar-refractivity contribution in [1.29, 1.82) is 0 Å². The molecular weight excluding hydrogens is 254 g/mol. The van der Waals surface area contributed by atoms with Crippen LogP contribution in [0.1, 0.15) is 51.4 Å². The number of rotatable bonds is 2. The maximum atomic E-state index is 9.73. The van der Waals surface area contributed by atoms with E-state index < -0.39 is 0 Å². The van der Waals surface area contributed by atoms with Gasteiger partial charge in [0.25, 0.3) is 0 Å². The molecule has 0 aromatic carbocycles. The minimum atomic E-state index is 0.0630. The first kappa shape index (κ1) is 14.8. The second-order valence-electron chi connectivity index (χ2n) is 6.71. The van der Waals surface area contributed by atoms with Crippen LogP contribution in [0.2, 0.25) is 0 Å². The van der Waals surface area contributed by atoms with Crippen molar-refractivity contribution in [3.63, 3.8) is 0 Å². The molecule has 116 valence electrons. The lowest BCUT2D eigenvalue weighted by Crippen LogP contribution is -2.54. The lowest BCUT2D eigenvalue weighted by molar-refractivity contribution is -0.155. The Balaban J connectivity index is 1.68. The topological polar surface area (TPSA) is 41.9 Å². The van der Waals surface area contributed by atoms with Crippen molar-refractivity contribution in [2.45, 2.75) is 69.1 Å². The Kier molecular flexibility index (Phi) is 4.97. The summed E-state index contributed by atoms with van der Waals surface area (Å²) in [6.45, 7) is 4.03. The SMILES string of the molecule is OCC1CCCCCN1C1CCOC2(CCOCC2)C1. The quantitative estimate of drug-likeness (QED) is 0.841. The van der Waals surface area contributed by atoms with Gasteiger partial charge >= 0.3 is 0 Å². The predicted molar refractivity (Wildman–Crippen MR) is 77.8 cm³/mol. The van der Waals surface area contributed by atoms with Gasteiger partial charge in [0.2, 0.25) is 0 Å². The van der Waals surface area contributed by atoms with Gasteiger partial charge in [-0.3, -0.25) is 4.90 Å². The molecule has 0 amide bonds. The fourth-order valence-corrected chi connectivity index (χ4v) is 4.25. The molecule has 0 aromatic heterocycles. The zero-order valence-corrected chi connectivity index (χ0v) is 12.6. The summed E-state index contributed by atoms with van der Waals surface area (Å²) in [5, 5.41) is 9.73. The summed E-state index contributed by atoms with van der Waals surface area (Å²) >= 11 is 0. The van der Waals surface area contributed by atoms with Gasteiger partial charge in [-0.15, -0.1) is 0 Å². The summed E-state index contributed by atoms with van der Waals surface area (Å²) in [5.41, 5.74) is 0.0630. The van der Waals surface area contributed by atoms with E-state index in [0.29, 0.717) is 18.7 Å². The normalized spacial score (nSPS) is 35.9. The molecule has 0 aromatic rings. The first-order chi connectivity index (χ1) is 9.83. The minimum Gasteiger partial charge on any atom is -0.395 e.